The zero-order valence-corrected chi connectivity index (χ0v) is 20.0. The fourth-order valence-corrected chi connectivity index (χ4v) is 6.39. The van der Waals surface area contributed by atoms with E-state index in [4.69, 9.17) is 4.74 Å². The molecule has 7 nitrogen and oxygen atoms in total. The second-order valence-corrected chi connectivity index (χ2v) is 11.8. The summed E-state index contributed by atoms with van der Waals surface area (Å²) in [6, 6.07) is 4.74. The van der Waals surface area contributed by atoms with Gasteiger partial charge < -0.3 is 4.74 Å². The number of nitrogens with one attached hydrogen (secondary N) is 1. The molecule has 1 amide bonds. The molecule has 0 fully saturated rings. The summed E-state index contributed by atoms with van der Waals surface area (Å²) < 4.78 is 40.7. The van der Waals surface area contributed by atoms with E-state index in [9.17, 15) is 13.4 Å². The number of guanidine groups is 1. The van der Waals surface area contributed by atoms with Crippen molar-refractivity contribution in [3.05, 3.63) is 33.1 Å². The Morgan fingerprint density at radius 3 is 2.79 bits per heavy atom. The van der Waals surface area contributed by atoms with E-state index in [1.807, 2.05) is 0 Å². The first-order chi connectivity index (χ1) is 13.4. The Morgan fingerprint density at radius 2 is 2.10 bits per heavy atom. The van der Waals surface area contributed by atoms with Gasteiger partial charge in [0.1, 0.15) is 26.9 Å². The molecule has 3 rings (SSSR count). The molecule has 0 bridgehead atoms. The lowest BCUT2D eigenvalue weighted by Crippen LogP contribution is -2.55. The molecule has 0 saturated heterocycles. The maximum Gasteiger partial charge on any atom is 0.414 e. The minimum absolute atomic E-state index is 0.0521. The largest absolute Gasteiger partial charge is 0.444 e. The molecule has 0 aliphatic carbocycles. The van der Waals surface area contributed by atoms with Gasteiger partial charge in [-0.1, -0.05) is 0 Å². The Kier molecular flexibility index (Phi) is 6.15. The number of nitrogens with zero attached hydrogens (tertiary/aromatic N) is 3. The van der Waals surface area contributed by atoms with Crippen molar-refractivity contribution >= 4 is 44.6 Å². The van der Waals surface area contributed by atoms with Crippen molar-refractivity contribution in [2.75, 3.05) is 18.8 Å². The molecular weight excluding hydrogens is 510 g/mol. The third kappa shape index (κ3) is 5.01. The van der Waals surface area contributed by atoms with Crippen LogP contribution in [0.4, 0.5) is 9.18 Å². The predicted octanol–water partition coefficient (Wildman–Crippen LogP) is 4.02. The number of benzene rings is 1. The van der Waals surface area contributed by atoms with Gasteiger partial charge in [0.05, 0.1) is 12.3 Å². The molecule has 1 aromatic rings. The van der Waals surface area contributed by atoms with Crippen LogP contribution in [0.25, 0.3) is 0 Å². The Hall–Kier alpha value is -1.43. The molecule has 0 radical (unpaired) electrons. The number of carbonyl (C=O) groups excluding carboxylic acids is 1. The van der Waals surface area contributed by atoms with Crippen molar-refractivity contribution in [3.63, 3.8) is 0 Å². The van der Waals surface area contributed by atoms with Crippen LogP contribution >= 0.6 is 22.6 Å². The number of halogens is 2. The van der Waals surface area contributed by atoms with E-state index in [0.29, 0.717) is 18.7 Å². The van der Waals surface area contributed by atoms with Crippen molar-refractivity contribution < 1.29 is 18.1 Å². The number of alkyl carbamates (subject to hydrolysis) is 1. The molecule has 10 heteroatoms. The second-order valence-electron chi connectivity index (χ2n) is 8.37. The predicted molar refractivity (Wildman–Crippen MR) is 120 cm³/mol. The number of fused-ring (bicyclic) bond motifs is 1. The molecule has 0 unspecified atom stereocenters. The van der Waals surface area contributed by atoms with Gasteiger partial charge in [0.2, 0.25) is 5.96 Å². The summed E-state index contributed by atoms with van der Waals surface area (Å²) in [6.07, 6.45) is 0.861. The fraction of sp³-hybridized carbons (Fsp3) is 0.579. The summed E-state index contributed by atoms with van der Waals surface area (Å²) in [6.45, 7) is 7.89. The summed E-state index contributed by atoms with van der Waals surface area (Å²) >= 11 is 2.10. The Labute approximate surface area is 184 Å². The lowest BCUT2D eigenvalue weighted by atomic mass is 9.94. The third-order valence-corrected chi connectivity index (χ3v) is 7.83. The number of amides is 1. The lowest BCUT2D eigenvalue weighted by molar-refractivity contribution is 0.0558. The van der Waals surface area contributed by atoms with Crippen LogP contribution in [-0.2, 0) is 20.2 Å². The molecule has 2 aliphatic rings. The van der Waals surface area contributed by atoms with Gasteiger partial charge in [0, 0.05) is 15.7 Å². The monoisotopic (exact) mass is 536 g/mol. The van der Waals surface area contributed by atoms with Gasteiger partial charge in [-0.15, -0.1) is 0 Å². The summed E-state index contributed by atoms with van der Waals surface area (Å²) in [5.41, 5.74) is -1.51. The van der Waals surface area contributed by atoms with E-state index in [1.54, 1.807) is 44.1 Å². The minimum Gasteiger partial charge on any atom is -0.444 e. The number of rotatable bonds is 1. The molecule has 2 heterocycles. The average Bonchev–Trinajstić information content (AvgIpc) is 2.76. The molecule has 0 aromatic heterocycles. The highest BCUT2D eigenvalue weighted by molar-refractivity contribution is 14.1. The molecule has 1 aromatic carbocycles. The molecule has 0 spiro atoms. The van der Waals surface area contributed by atoms with E-state index >= 15 is 0 Å². The summed E-state index contributed by atoms with van der Waals surface area (Å²) in [7, 11) is -2.90. The molecule has 2 atom stereocenters. The smallest absolute Gasteiger partial charge is 0.414 e. The van der Waals surface area contributed by atoms with Crippen LogP contribution in [0.1, 0.15) is 46.1 Å². The summed E-state index contributed by atoms with van der Waals surface area (Å²) in [5, 5.41) is 2.64. The first-order valence-corrected chi connectivity index (χ1v) is 12.2. The van der Waals surface area contributed by atoms with Gasteiger partial charge in [-0.25, -0.2) is 22.7 Å². The minimum atomic E-state index is -2.90. The van der Waals surface area contributed by atoms with Crippen molar-refractivity contribution in [1.29, 1.82) is 0 Å². The van der Waals surface area contributed by atoms with Crippen LogP contribution < -0.4 is 5.32 Å². The topological polar surface area (TPSA) is 83.4 Å². The standard InChI is InChI=1S/C19H26FIN4O3S/c1-18(2,3)28-17(26)23-16-24-19(4,14-11-13(21)7-8-15(14)20)12-29(27)22-9-5-6-10-25(16)29/h7-8,11H,5-6,9-10,12H2,1-4H3,(H,23,24,26)/t19-,29+/m0/s1. The highest BCUT2D eigenvalue weighted by Crippen LogP contribution is 2.36. The molecule has 160 valence electrons. The van der Waals surface area contributed by atoms with E-state index in [-0.39, 0.29) is 11.7 Å². The van der Waals surface area contributed by atoms with E-state index in [0.717, 1.165) is 16.4 Å². The second kappa shape index (κ2) is 8.01. The van der Waals surface area contributed by atoms with Crippen LogP contribution in [0.3, 0.4) is 0 Å². The summed E-state index contributed by atoms with van der Waals surface area (Å²) in [4.78, 5) is 17.1. The van der Waals surface area contributed by atoms with Gasteiger partial charge >= 0.3 is 6.09 Å². The fourth-order valence-electron chi connectivity index (χ4n) is 3.37. The van der Waals surface area contributed by atoms with E-state index in [2.05, 4.69) is 37.3 Å². The molecule has 1 N–H and O–H groups in total. The van der Waals surface area contributed by atoms with Gasteiger partial charge in [-0.2, -0.15) is 0 Å². The van der Waals surface area contributed by atoms with Crippen molar-refractivity contribution in [2.45, 2.75) is 51.7 Å². The lowest BCUT2D eigenvalue weighted by Gasteiger charge is -2.39. The Balaban J connectivity index is 2.10. The number of hydrogen-bond donors (Lipinski definition) is 1. The first kappa shape index (κ1) is 22.3. The maximum atomic E-state index is 14.7. The number of hydrogen-bond acceptors (Lipinski definition) is 5. The highest BCUT2D eigenvalue weighted by Gasteiger charge is 2.43. The van der Waals surface area contributed by atoms with Crippen molar-refractivity contribution in [2.24, 2.45) is 9.36 Å². The quantitative estimate of drug-likeness (QED) is 0.551. The SMILES string of the molecule is CC(C)(C)OC(=O)NC1=N[C@](C)(c2cc(I)ccc2F)C[S@@]2(=O)=NCCCCN12. The van der Waals surface area contributed by atoms with E-state index in [1.165, 1.54) is 6.07 Å². The highest BCUT2D eigenvalue weighted by atomic mass is 127. The molecule has 29 heavy (non-hydrogen) atoms. The van der Waals surface area contributed by atoms with Crippen LogP contribution in [0, 0.1) is 9.39 Å². The Morgan fingerprint density at radius 1 is 1.38 bits per heavy atom. The van der Waals surface area contributed by atoms with Crippen LogP contribution in [0.2, 0.25) is 0 Å². The van der Waals surface area contributed by atoms with Gasteiger partial charge in [-0.3, -0.25) is 9.62 Å². The van der Waals surface area contributed by atoms with Crippen LogP contribution in [0.15, 0.2) is 27.6 Å². The van der Waals surface area contributed by atoms with E-state index < -0.39 is 33.0 Å². The van der Waals surface area contributed by atoms with Gasteiger partial charge in [0.15, 0.2) is 0 Å². The van der Waals surface area contributed by atoms with Crippen LogP contribution in [0.5, 0.6) is 0 Å². The number of aliphatic imine (C=N–C) groups is 1. The zero-order chi connectivity index (χ0) is 21.4. The van der Waals surface area contributed by atoms with Crippen molar-refractivity contribution in [1.82, 2.24) is 9.62 Å². The van der Waals surface area contributed by atoms with Gasteiger partial charge in [0.25, 0.3) is 0 Å². The molecular formula is C19H26FIN4O3S. The normalized spacial score (nSPS) is 27.2. The molecule has 0 saturated carbocycles. The van der Waals surface area contributed by atoms with Crippen LogP contribution in [-0.4, -0.2) is 45.0 Å². The maximum absolute atomic E-state index is 14.7. The van der Waals surface area contributed by atoms with Crippen molar-refractivity contribution in [3.8, 4) is 0 Å². The third-order valence-electron chi connectivity index (χ3n) is 4.59. The van der Waals surface area contributed by atoms with Gasteiger partial charge in [-0.05, 0) is 81.3 Å². The Bertz CT molecular complexity index is 969. The summed E-state index contributed by atoms with van der Waals surface area (Å²) in [5.74, 6) is -0.267. The number of carbonyl (C=O) groups is 1. The molecule has 2 aliphatic heterocycles. The number of ether oxygens (including phenoxy) is 1. The average molecular weight is 536 g/mol. The first-order valence-electron chi connectivity index (χ1n) is 9.46. The zero-order valence-electron chi connectivity index (χ0n) is 17.0.